The number of hydrogen-bond acceptors (Lipinski definition) is 2. The molecule has 2 heteroatoms. The van der Waals surface area contributed by atoms with Gasteiger partial charge in [0.2, 0.25) is 0 Å². The normalized spacial score (nSPS) is 38.3. The van der Waals surface area contributed by atoms with Gasteiger partial charge in [-0.25, -0.2) is 0 Å². The second-order valence-electron chi connectivity index (χ2n) is 5.04. The number of rotatable bonds is 2. The van der Waals surface area contributed by atoms with Gasteiger partial charge in [0.15, 0.2) is 0 Å². The van der Waals surface area contributed by atoms with Crippen LogP contribution >= 0.6 is 0 Å². The van der Waals surface area contributed by atoms with Crippen LogP contribution in [0.4, 0.5) is 0 Å². The summed E-state index contributed by atoms with van der Waals surface area (Å²) in [7, 11) is 0. The number of nitrogens with zero attached hydrogens (tertiary/aromatic N) is 1. The van der Waals surface area contributed by atoms with E-state index in [2.05, 4.69) is 39.1 Å². The topological polar surface area (TPSA) is 35.8 Å². The fourth-order valence-electron chi connectivity index (χ4n) is 2.57. The highest BCUT2D eigenvalue weighted by Crippen LogP contribution is 2.37. The summed E-state index contributed by atoms with van der Waals surface area (Å²) in [6.45, 7) is 8.70. The van der Waals surface area contributed by atoms with E-state index in [9.17, 15) is 5.26 Å². The second-order valence-corrected chi connectivity index (χ2v) is 5.04. The first-order valence-electron chi connectivity index (χ1n) is 5.71. The highest BCUT2D eigenvalue weighted by atomic mass is 15.0. The van der Waals surface area contributed by atoms with Crippen molar-refractivity contribution in [2.45, 2.75) is 58.5 Å². The van der Waals surface area contributed by atoms with Crippen molar-refractivity contribution in [1.29, 1.82) is 5.26 Å². The lowest BCUT2D eigenvalue weighted by molar-refractivity contribution is 0.144. The summed E-state index contributed by atoms with van der Waals surface area (Å²) in [6.07, 6.45) is 3.45. The Morgan fingerprint density at radius 2 is 2.07 bits per heavy atom. The third-order valence-corrected chi connectivity index (χ3v) is 3.61. The molecule has 1 rings (SSSR count). The van der Waals surface area contributed by atoms with Crippen molar-refractivity contribution in [3.05, 3.63) is 0 Å². The van der Waals surface area contributed by atoms with Crippen molar-refractivity contribution in [1.82, 2.24) is 5.32 Å². The van der Waals surface area contributed by atoms with Crippen LogP contribution in [0.2, 0.25) is 0 Å². The minimum absolute atomic E-state index is 0.272. The van der Waals surface area contributed by atoms with Crippen molar-refractivity contribution in [2.24, 2.45) is 11.8 Å². The molecule has 0 aromatic carbocycles. The van der Waals surface area contributed by atoms with E-state index in [1.807, 2.05) is 0 Å². The zero-order valence-electron chi connectivity index (χ0n) is 9.80. The summed E-state index contributed by atoms with van der Waals surface area (Å²) >= 11 is 0. The highest BCUT2D eigenvalue weighted by Gasteiger charge is 2.41. The van der Waals surface area contributed by atoms with Gasteiger partial charge in [-0.05, 0) is 32.1 Å². The molecule has 3 atom stereocenters. The van der Waals surface area contributed by atoms with Crippen LogP contribution in [0.25, 0.3) is 0 Å². The molecule has 3 unspecified atom stereocenters. The van der Waals surface area contributed by atoms with Gasteiger partial charge in [0.1, 0.15) is 5.54 Å². The predicted octanol–water partition coefficient (Wildman–Crippen LogP) is 2.70. The third kappa shape index (κ3) is 2.09. The quantitative estimate of drug-likeness (QED) is 0.733. The molecular formula is C12H22N2. The summed E-state index contributed by atoms with van der Waals surface area (Å²) in [5.74, 6) is 1.12. The Morgan fingerprint density at radius 1 is 1.43 bits per heavy atom. The van der Waals surface area contributed by atoms with Crippen molar-refractivity contribution >= 4 is 0 Å². The maximum atomic E-state index is 9.37. The molecule has 0 aliphatic heterocycles. The molecule has 0 amide bonds. The molecule has 0 saturated heterocycles. The molecule has 0 bridgehead atoms. The lowest BCUT2D eigenvalue weighted by Crippen LogP contribution is -2.55. The molecule has 80 valence electrons. The van der Waals surface area contributed by atoms with E-state index in [0.717, 1.165) is 6.42 Å². The van der Waals surface area contributed by atoms with Gasteiger partial charge in [-0.3, -0.25) is 5.32 Å². The summed E-state index contributed by atoms with van der Waals surface area (Å²) in [6, 6.07) is 2.91. The summed E-state index contributed by atoms with van der Waals surface area (Å²) in [5.41, 5.74) is -0.272. The molecule has 0 aromatic rings. The monoisotopic (exact) mass is 194 g/mol. The van der Waals surface area contributed by atoms with Gasteiger partial charge >= 0.3 is 0 Å². The molecular weight excluding hydrogens is 172 g/mol. The van der Waals surface area contributed by atoms with E-state index >= 15 is 0 Å². The molecule has 1 N–H and O–H groups in total. The van der Waals surface area contributed by atoms with E-state index in [0.29, 0.717) is 17.9 Å². The summed E-state index contributed by atoms with van der Waals surface area (Å²) in [5, 5.41) is 12.8. The lowest BCUT2D eigenvalue weighted by atomic mass is 9.69. The zero-order valence-corrected chi connectivity index (χ0v) is 9.80. The van der Waals surface area contributed by atoms with Crippen LogP contribution in [0, 0.1) is 23.2 Å². The lowest BCUT2D eigenvalue weighted by Gasteiger charge is -2.42. The van der Waals surface area contributed by atoms with Crippen molar-refractivity contribution < 1.29 is 0 Å². The Morgan fingerprint density at radius 3 is 2.57 bits per heavy atom. The molecule has 1 saturated carbocycles. The second kappa shape index (κ2) is 4.31. The number of nitrogens with one attached hydrogen (secondary N) is 1. The molecule has 14 heavy (non-hydrogen) atoms. The Hall–Kier alpha value is -0.550. The molecule has 1 fully saturated rings. The molecule has 0 heterocycles. The van der Waals surface area contributed by atoms with Gasteiger partial charge in [-0.2, -0.15) is 5.26 Å². The van der Waals surface area contributed by atoms with Crippen LogP contribution in [-0.2, 0) is 0 Å². The van der Waals surface area contributed by atoms with E-state index in [1.54, 1.807) is 0 Å². The van der Waals surface area contributed by atoms with Crippen molar-refractivity contribution in [3.63, 3.8) is 0 Å². The minimum Gasteiger partial charge on any atom is -0.297 e. The summed E-state index contributed by atoms with van der Waals surface area (Å²) < 4.78 is 0. The van der Waals surface area contributed by atoms with Gasteiger partial charge in [0.25, 0.3) is 0 Å². The van der Waals surface area contributed by atoms with Gasteiger partial charge in [-0.15, -0.1) is 0 Å². The fourth-order valence-corrected chi connectivity index (χ4v) is 2.57. The number of hydrogen-bond donors (Lipinski definition) is 1. The van der Waals surface area contributed by atoms with Crippen molar-refractivity contribution in [3.8, 4) is 6.07 Å². The average Bonchev–Trinajstić information content (AvgIpc) is 2.12. The molecule has 1 aliphatic rings. The van der Waals surface area contributed by atoms with Crippen LogP contribution in [0.1, 0.15) is 47.0 Å². The Kier molecular flexibility index (Phi) is 3.55. The minimum atomic E-state index is -0.272. The maximum Gasteiger partial charge on any atom is 0.109 e. The largest absolute Gasteiger partial charge is 0.297 e. The molecule has 0 radical (unpaired) electrons. The van der Waals surface area contributed by atoms with Crippen LogP contribution in [-0.4, -0.2) is 11.6 Å². The van der Waals surface area contributed by atoms with Crippen LogP contribution in [0.3, 0.4) is 0 Å². The van der Waals surface area contributed by atoms with Crippen LogP contribution < -0.4 is 5.32 Å². The van der Waals surface area contributed by atoms with E-state index in [4.69, 9.17) is 0 Å². The number of nitriles is 1. The van der Waals surface area contributed by atoms with E-state index in [-0.39, 0.29) is 5.54 Å². The van der Waals surface area contributed by atoms with Gasteiger partial charge in [0.05, 0.1) is 6.07 Å². The highest BCUT2D eigenvalue weighted by molar-refractivity contribution is 5.13. The van der Waals surface area contributed by atoms with Crippen molar-refractivity contribution in [2.75, 3.05) is 0 Å². The molecule has 0 spiro atoms. The zero-order chi connectivity index (χ0) is 10.8. The molecule has 1 aliphatic carbocycles. The summed E-state index contributed by atoms with van der Waals surface area (Å²) in [4.78, 5) is 0. The standard InChI is InChI=1S/C12H22N2/c1-9(2)14-12(8-13)7-5-6-10(3)11(12)4/h9-11,14H,5-7H2,1-4H3. The maximum absolute atomic E-state index is 9.37. The van der Waals surface area contributed by atoms with E-state index in [1.165, 1.54) is 12.8 Å². The predicted molar refractivity (Wildman–Crippen MR) is 58.8 cm³/mol. The Bertz CT molecular complexity index is 229. The van der Waals surface area contributed by atoms with Crippen LogP contribution in [0.15, 0.2) is 0 Å². The van der Waals surface area contributed by atoms with Gasteiger partial charge in [-0.1, -0.05) is 26.7 Å². The van der Waals surface area contributed by atoms with Crippen LogP contribution in [0.5, 0.6) is 0 Å². The third-order valence-electron chi connectivity index (χ3n) is 3.61. The Balaban J connectivity index is 2.81. The van der Waals surface area contributed by atoms with Gasteiger partial charge < -0.3 is 0 Å². The SMILES string of the molecule is CC(C)NC1(C#N)CCCC(C)C1C. The molecule has 2 nitrogen and oxygen atoms in total. The average molecular weight is 194 g/mol. The first-order valence-corrected chi connectivity index (χ1v) is 5.71. The fraction of sp³-hybridized carbons (Fsp3) is 0.917. The van der Waals surface area contributed by atoms with Gasteiger partial charge in [0, 0.05) is 6.04 Å². The first-order chi connectivity index (χ1) is 6.52. The Labute approximate surface area is 87.7 Å². The molecule has 0 aromatic heterocycles. The first kappa shape index (κ1) is 11.5. The smallest absolute Gasteiger partial charge is 0.109 e. The van der Waals surface area contributed by atoms with E-state index < -0.39 is 0 Å².